The van der Waals surface area contributed by atoms with Gasteiger partial charge in [0, 0.05) is 24.6 Å². The highest BCUT2D eigenvalue weighted by Gasteiger charge is 2.21. The molecule has 0 spiro atoms. The molecular weight excluding hydrogens is 450 g/mol. The molecule has 1 aromatic rings. The molecule has 5 N–H and O–H groups in total. The van der Waals surface area contributed by atoms with E-state index in [2.05, 4.69) is 21.1 Å². The van der Waals surface area contributed by atoms with Crippen molar-refractivity contribution in [2.75, 3.05) is 13.1 Å². The first-order chi connectivity index (χ1) is 16.6. The third-order valence-electron chi connectivity index (χ3n) is 5.15. The van der Waals surface area contributed by atoms with Crippen molar-refractivity contribution in [1.29, 1.82) is 0 Å². The van der Waals surface area contributed by atoms with Gasteiger partial charge in [-0.05, 0) is 56.2 Å². The molecule has 2 atom stereocenters. The van der Waals surface area contributed by atoms with Gasteiger partial charge in [0.25, 0.3) is 11.8 Å². The lowest BCUT2D eigenvalue weighted by Gasteiger charge is -2.19. The van der Waals surface area contributed by atoms with Crippen LogP contribution in [0.2, 0.25) is 0 Å². The number of carbonyl (C=O) groups is 4. The van der Waals surface area contributed by atoms with Crippen molar-refractivity contribution in [3.05, 3.63) is 35.4 Å². The lowest BCUT2D eigenvalue weighted by atomic mass is 9.97. The van der Waals surface area contributed by atoms with E-state index in [0.717, 1.165) is 18.2 Å². The van der Waals surface area contributed by atoms with Crippen LogP contribution in [0.1, 0.15) is 69.3 Å². The van der Waals surface area contributed by atoms with Crippen LogP contribution in [-0.2, 0) is 25.8 Å². The minimum atomic E-state index is -0.722. The second-order valence-electron chi connectivity index (χ2n) is 8.85. The van der Waals surface area contributed by atoms with Crippen LogP contribution in [0.25, 0.3) is 0 Å². The Morgan fingerprint density at radius 3 is 2.51 bits per heavy atom. The lowest BCUT2D eigenvalue weighted by Crippen LogP contribution is -2.46. The predicted octanol–water partition coefficient (Wildman–Crippen LogP) is 1.88. The number of oxime groups is 1. The fraction of sp³-hybridized carbons (Fsp3) is 0.560. The minimum absolute atomic E-state index is 0.118. The highest BCUT2D eigenvalue weighted by Crippen LogP contribution is 2.12. The Hall–Kier alpha value is -3.43. The molecule has 1 rings (SSSR count). The highest BCUT2D eigenvalue weighted by molar-refractivity contribution is 6.26. The molecule has 0 radical (unpaired) electrons. The van der Waals surface area contributed by atoms with Crippen LogP contribution in [0.4, 0.5) is 0 Å². The lowest BCUT2D eigenvalue weighted by molar-refractivity contribution is -0.130. The van der Waals surface area contributed by atoms with Crippen molar-refractivity contribution in [2.45, 2.75) is 66.0 Å². The number of benzene rings is 1. The quantitative estimate of drug-likeness (QED) is 0.159. The summed E-state index contributed by atoms with van der Waals surface area (Å²) in [6.07, 6.45) is 3.45. The van der Waals surface area contributed by atoms with E-state index >= 15 is 0 Å². The largest absolute Gasteiger partial charge is 0.391 e. The number of nitrogens with one attached hydrogen (secondary N) is 3. The fourth-order valence-corrected chi connectivity index (χ4v) is 3.41. The Kier molecular flexibility index (Phi) is 13.7. The molecule has 0 aliphatic rings. The number of carbonyl (C=O) groups excluding carboxylic acids is 4. The molecule has 0 heterocycles. The maximum absolute atomic E-state index is 12.4. The van der Waals surface area contributed by atoms with Crippen LogP contribution in [0.15, 0.2) is 29.4 Å². The molecule has 10 heteroatoms. The number of amides is 4. The summed E-state index contributed by atoms with van der Waals surface area (Å²) in [6, 6.07) is 6.18. The van der Waals surface area contributed by atoms with E-state index in [0.29, 0.717) is 43.8 Å². The molecule has 1 aromatic carbocycles. The molecule has 10 nitrogen and oxygen atoms in total. The Labute approximate surface area is 207 Å². The molecule has 194 valence electrons. The molecule has 0 bridgehead atoms. The van der Waals surface area contributed by atoms with Gasteiger partial charge in [0.05, 0.1) is 0 Å². The van der Waals surface area contributed by atoms with Gasteiger partial charge < -0.3 is 26.5 Å². The topological polar surface area (TPSA) is 152 Å². The standard InChI is InChI=1S/C25H39N5O5/c1-5-27-22(31)15-29-35-16-19-9-8-10-20(14-19)25(34)28-12-7-6-11-21(23(26)32)30-24(33)18(4)13-17(2)3/h8-10,14-15,17-18,21H,5-7,11-13,16H2,1-4H3,(H2,26,32)(H,27,31)(H,28,34)(H,30,33)/b29-15+/t18-,21-/m0/s1. The summed E-state index contributed by atoms with van der Waals surface area (Å²) in [5.74, 6) is -1.12. The van der Waals surface area contributed by atoms with Gasteiger partial charge in [0.15, 0.2) is 0 Å². The van der Waals surface area contributed by atoms with Crippen molar-refractivity contribution in [2.24, 2.45) is 22.7 Å². The Bertz CT molecular complexity index is 872. The molecule has 0 aromatic heterocycles. The predicted molar refractivity (Wildman–Crippen MR) is 134 cm³/mol. The van der Waals surface area contributed by atoms with Gasteiger partial charge in [-0.15, -0.1) is 0 Å². The highest BCUT2D eigenvalue weighted by atomic mass is 16.6. The van der Waals surface area contributed by atoms with E-state index in [1.165, 1.54) is 0 Å². The average molecular weight is 490 g/mol. The maximum Gasteiger partial charge on any atom is 0.265 e. The third-order valence-corrected chi connectivity index (χ3v) is 5.15. The molecule has 0 unspecified atom stereocenters. The third kappa shape index (κ3) is 12.6. The summed E-state index contributed by atoms with van der Waals surface area (Å²) in [5, 5.41) is 11.7. The number of primary amides is 1. The first-order valence-corrected chi connectivity index (χ1v) is 12.0. The van der Waals surface area contributed by atoms with Gasteiger partial charge >= 0.3 is 0 Å². The monoisotopic (exact) mass is 489 g/mol. The van der Waals surface area contributed by atoms with E-state index in [-0.39, 0.29) is 30.2 Å². The van der Waals surface area contributed by atoms with Crippen LogP contribution in [-0.4, -0.2) is 49.0 Å². The van der Waals surface area contributed by atoms with E-state index in [1.807, 2.05) is 20.8 Å². The van der Waals surface area contributed by atoms with Crippen LogP contribution in [0.3, 0.4) is 0 Å². The van der Waals surface area contributed by atoms with E-state index in [9.17, 15) is 19.2 Å². The molecule has 0 aliphatic heterocycles. The zero-order valence-electron chi connectivity index (χ0n) is 21.1. The number of hydrogen-bond donors (Lipinski definition) is 4. The summed E-state index contributed by atoms with van der Waals surface area (Å²) in [7, 11) is 0. The van der Waals surface area contributed by atoms with E-state index in [4.69, 9.17) is 10.6 Å². The molecule has 0 fully saturated rings. The SMILES string of the molecule is CCNC(=O)/C=N/OCc1cccc(C(=O)NCCCC[C@H](NC(=O)[C@@H](C)CC(C)C)C(N)=O)c1. The molecular formula is C25H39N5O5. The van der Waals surface area contributed by atoms with Gasteiger partial charge in [-0.2, -0.15) is 0 Å². The molecule has 0 saturated heterocycles. The molecule has 0 aliphatic carbocycles. The van der Waals surface area contributed by atoms with E-state index in [1.54, 1.807) is 31.2 Å². The van der Waals surface area contributed by atoms with Crippen LogP contribution >= 0.6 is 0 Å². The first kappa shape index (κ1) is 29.6. The van der Waals surface area contributed by atoms with Crippen molar-refractivity contribution in [3.8, 4) is 0 Å². The second kappa shape index (κ2) is 16.2. The Morgan fingerprint density at radius 1 is 1.11 bits per heavy atom. The van der Waals surface area contributed by atoms with Gasteiger partial charge in [0.1, 0.15) is 18.9 Å². The van der Waals surface area contributed by atoms with Crippen molar-refractivity contribution < 1.29 is 24.0 Å². The minimum Gasteiger partial charge on any atom is -0.391 e. The summed E-state index contributed by atoms with van der Waals surface area (Å²) < 4.78 is 0. The second-order valence-corrected chi connectivity index (χ2v) is 8.85. The molecule has 4 amide bonds. The van der Waals surface area contributed by atoms with E-state index < -0.39 is 11.9 Å². The summed E-state index contributed by atoms with van der Waals surface area (Å²) in [5.41, 5.74) is 6.66. The zero-order valence-corrected chi connectivity index (χ0v) is 21.1. The van der Waals surface area contributed by atoms with Gasteiger partial charge in [-0.1, -0.05) is 38.1 Å². The van der Waals surface area contributed by atoms with Crippen LogP contribution < -0.4 is 21.7 Å². The van der Waals surface area contributed by atoms with Gasteiger partial charge in [-0.3, -0.25) is 19.2 Å². The fourth-order valence-electron chi connectivity index (χ4n) is 3.41. The van der Waals surface area contributed by atoms with Gasteiger partial charge in [0.2, 0.25) is 11.8 Å². The molecule has 35 heavy (non-hydrogen) atoms. The summed E-state index contributed by atoms with van der Waals surface area (Å²) >= 11 is 0. The average Bonchev–Trinajstić information content (AvgIpc) is 2.80. The zero-order chi connectivity index (χ0) is 26.2. The van der Waals surface area contributed by atoms with Crippen LogP contribution in [0.5, 0.6) is 0 Å². The number of hydrogen-bond acceptors (Lipinski definition) is 6. The smallest absolute Gasteiger partial charge is 0.265 e. The Morgan fingerprint density at radius 2 is 1.86 bits per heavy atom. The van der Waals surface area contributed by atoms with Gasteiger partial charge in [-0.25, -0.2) is 0 Å². The molecule has 0 saturated carbocycles. The summed E-state index contributed by atoms with van der Waals surface area (Å²) in [6.45, 7) is 8.76. The van der Waals surface area contributed by atoms with Crippen molar-refractivity contribution in [1.82, 2.24) is 16.0 Å². The number of nitrogens with zero attached hydrogens (tertiary/aromatic N) is 1. The van der Waals surface area contributed by atoms with Crippen molar-refractivity contribution in [3.63, 3.8) is 0 Å². The summed E-state index contributed by atoms with van der Waals surface area (Å²) in [4.78, 5) is 52.8. The Balaban J connectivity index is 2.41. The maximum atomic E-state index is 12.4. The van der Waals surface area contributed by atoms with Crippen LogP contribution in [0, 0.1) is 11.8 Å². The number of rotatable bonds is 16. The normalized spacial score (nSPS) is 12.7. The first-order valence-electron chi connectivity index (χ1n) is 12.0. The number of nitrogens with two attached hydrogens (primary N) is 1. The number of unbranched alkanes of at least 4 members (excludes halogenated alkanes) is 1. The van der Waals surface area contributed by atoms with Crippen molar-refractivity contribution >= 4 is 29.8 Å².